The number of nitrogens with zero attached hydrogens (tertiary/aromatic N) is 3. The molecule has 0 bridgehead atoms. The van der Waals surface area contributed by atoms with E-state index in [2.05, 4.69) is 37.3 Å². The lowest BCUT2D eigenvalue weighted by Crippen LogP contribution is -1.87. The van der Waals surface area contributed by atoms with Crippen LogP contribution in [0, 0.1) is 5.92 Å². The van der Waals surface area contributed by atoms with E-state index >= 15 is 0 Å². The monoisotopic (exact) mass is 294 g/mol. The van der Waals surface area contributed by atoms with Crippen molar-refractivity contribution in [1.82, 2.24) is 20.0 Å². The number of H-pyrrole nitrogens is 1. The Morgan fingerprint density at radius 2 is 2.35 bits per heavy atom. The van der Waals surface area contributed by atoms with Crippen LogP contribution < -0.4 is 0 Å². The Balaban J connectivity index is 1.71. The average molecular weight is 295 g/mol. The van der Waals surface area contributed by atoms with E-state index in [1.165, 1.54) is 24.1 Å². The maximum absolute atomic E-state index is 4.36. The predicted molar refractivity (Wildman–Crippen MR) is 68.7 cm³/mol. The number of hydrogen-bond acceptors (Lipinski definition) is 2. The molecule has 4 nitrogen and oxygen atoms in total. The molecule has 2 aromatic rings. The Labute approximate surface area is 109 Å². The smallest absolute Gasteiger partial charge is 0.131 e. The molecule has 0 spiro atoms. The van der Waals surface area contributed by atoms with E-state index in [0.717, 1.165) is 29.1 Å². The first kappa shape index (κ1) is 11.0. The molecule has 90 valence electrons. The molecule has 1 N–H and O–H groups in total. The maximum atomic E-state index is 4.36. The summed E-state index contributed by atoms with van der Waals surface area (Å²) >= 11 is 3.47. The normalized spacial score (nSPS) is 15.4. The van der Waals surface area contributed by atoms with Crippen molar-refractivity contribution < 1.29 is 0 Å². The van der Waals surface area contributed by atoms with E-state index in [1.807, 2.05) is 17.9 Å². The van der Waals surface area contributed by atoms with Crippen LogP contribution in [0.2, 0.25) is 0 Å². The minimum absolute atomic E-state index is 0.853. The molecule has 0 unspecified atom stereocenters. The lowest BCUT2D eigenvalue weighted by Gasteiger charge is -1.93. The van der Waals surface area contributed by atoms with Gasteiger partial charge in [0.1, 0.15) is 4.60 Å². The standard InChI is InChI=1S/C12H15BrN4/c1-17-7-9(12(13)16-17)5-11-6-10(14-15-11)4-8-2-3-8/h6-8H,2-5H2,1H3,(H,14,15). The van der Waals surface area contributed by atoms with Crippen LogP contribution in [-0.2, 0) is 19.9 Å². The van der Waals surface area contributed by atoms with Gasteiger partial charge in [-0.1, -0.05) is 0 Å². The van der Waals surface area contributed by atoms with Crippen molar-refractivity contribution in [3.05, 3.63) is 33.8 Å². The van der Waals surface area contributed by atoms with E-state index in [9.17, 15) is 0 Å². The van der Waals surface area contributed by atoms with Gasteiger partial charge in [-0.25, -0.2) is 0 Å². The van der Waals surface area contributed by atoms with Crippen molar-refractivity contribution >= 4 is 15.9 Å². The van der Waals surface area contributed by atoms with Crippen molar-refractivity contribution in [2.24, 2.45) is 13.0 Å². The highest BCUT2D eigenvalue weighted by Crippen LogP contribution is 2.32. The molecule has 0 atom stereocenters. The molecule has 2 heterocycles. The van der Waals surface area contributed by atoms with Crippen LogP contribution in [0.1, 0.15) is 29.8 Å². The van der Waals surface area contributed by atoms with Crippen molar-refractivity contribution in [2.45, 2.75) is 25.7 Å². The Morgan fingerprint density at radius 1 is 1.53 bits per heavy atom. The van der Waals surface area contributed by atoms with Gasteiger partial charge in [-0.3, -0.25) is 9.78 Å². The second kappa shape index (κ2) is 4.29. The number of aryl methyl sites for hydroxylation is 1. The number of hydrogen-bond donors (Lipinski definition) is 1. The number of halogens is 1. The quantitative estimate of drug-likeness (QED) is 0.941. The molecule has 1 aliphatic carbocycles. The zero-order chi connectivity index (χ0) is 11.8. The van der Waals surface area contributed by atoms with Gasteiger partial charge < -0.3 is 0 Å². The highest BCUT2D eigenvalue weighted by molar-refractivity contribution is 9.10. The zero-order valence-electron chi connectivity index (χ0n) is 9.78. The topological polar surface area (TPSA) is 46.5 Å². The van der Waals surface area contributed by atoms with E-state index in [1.54, 1.807) is 0 Å². The molecule has 0 amide bonds. The molecular formula is C12H15BrN4. The predicted octanol–water partition coefficient (Wildman–Crippen LogP) is 2.45. The van der Waals surface area contributed by atoms with Gasteiger partial charge in [0.25, 0.3) is 0 Å². The maximum Gasteiger partial charge on any atom is 0.131 e. The molecule has 0 saturated heterocycles. The van der Waals surface area contributed by atoms with Gasteiger partial charge in [-0.15, -0.1) is 0 Å². The highest BCUT2D eigenvalue weighted by atomic mass is 79.9. The summed E-state index contributed by atoms with van der Waals surface area (Å²) in [5, 5.41) is 11.7. The first-order valence-electron chi connectivity index (χ1n) is 5.92. The summed E-state index contributed by atoms with van der Waals surface area (Å²) in [6, 6.07) is 2.18. The Bertz CT molecular complexity index is 524. The fourth-order valence-electron chi connectivity index (χ4n) is 2.06. The molecule has 1 aliphatic rings. The summed E-state index contributed by atoms with van der Waals surface area (Å²) in [5.74, 6) is 0.885. The molecular weight excluding hydrogens is 280 g/mol. The van der Waals surface area contributed by atoms with Crippen molar-refractivity contribution in [2.75, 3.05) is 0 Å². The third kappa shape index (κ3) is 2.60. The third-order valence-corrected chi connectivity index (χ3v) is 3.78. The van der Waals surface area contributed by atoms with Gasteiger partial charge in [0.2, 0.25) is 0 Å². The lowest BCUT2D eigenvalue weighted by molar-refractivity contribution is 0.760. The molecule has 1 saturated carbocycles. The molecule has 0 aromatic carbocycles. The molecule has 3 rings (SSSR count). The fourth-order valence-corrected chi connectivity index (χ4v) is 2.55. The summed E-state index contributed by atoms with van der Waals surface area (Å²) < 4.78 is 2.74. The third-order valence-electron chi connectivity index (χ3n) is 3.11. The molecule has 17 heavy (non-hydrogen) atoms. The van der Waals surface area contributed by atoms with Crippen LogP contribution in [0.15, 0.2) is 16.9 Å². The van der Waals surface area contributed by atoms with Crippen LogP contribution in [0.3, 0.4) is 0 Å². The van der Waals surface area contributed by atoms with Gasteiger partial charge in [0.15, 0.2) is 0 Å². The van der Waals surface area contributed by atoms with Crippen LogP contribution in [0.5, 0.6) is 0 Å². The minimum atomic E-state index is 0.853. The zero-order valence-corrected chi connectivity index (χ0v) is 11.4. The largest absolute Gasteiger partial charge is 0.282 e. The Hall–Kier alpha value is -1.10. The molecule has 0 aliphatic heterocycles. The molecule has 1 fully saturated rings. The summed E-state index contributed by atoms with van der Waals surface area (Å²) in [6.45, 7) is 0. The van der Waals surface area contributed by atoms with E-state index in [0.29, 0.717) is 0 Å². The van der Waals surface area contributed by atoms with Crippen LogP contribution in [0.25, 0.3) is 0 Å². The number of aromatic nitrogens is 4. The lowest BCUT2D eigenvalue weighted by atomic mass is 10.1. The molecule has 0 radical (unpaired) electrons. The van der Waals surface area contributed by atoms with Gasteiger partial charge >= 0.3 is 0 Å². The van der Waals surface area contributed by atoms with Gasteiger partial charge in [0, 0.05) is 30.9 Å². The molecule has 2 aromatic heterocycles. The van der Waals surface area contributed by atoms with E-state index < -0.39 is 0 Å². The minimum Gasteiger partial charge on any atom is -0.282 e. The second-order valence-corrected chi connectivity index (χ2v) is 5.58. The second-order valence-electron chi connectivity index (χ2n) is 4.83. The summed E-state index contributed by atoms with van der Waals surface area (Å²) in [7, 11) is 1.93. The fraction of sp³-hybridized carbons (Fsp3) is 0.500. The van der Waals surface area contributed by atoms with Crippen LogP contribution in [-0.4, -0.2) is 20.0 Å². The van der Waals surface area contributed by atoms with E-state index in [-0.39, 0.29) is 0 Å². The first-order valence-corrected chi connectivity index (χ1v) is 6.71. The number of nitrogens with one attached hydrogen (secondary N) is 1. The highest BCUT2D eigenvalue weighted by Gasteiger charge is 2.22. The van der Waals surface area contributed by atoms with E-state index in [4.69, 9.17) is 0 Å². The van der Waals surface area contributed by atoms with Gasteiger partial charge in [0.05, 0.1) is 5.69 Å². The van der Waals surface area contributed by atoms with Crippen LogP contribution in [0.4, 0.5) is 0 Å². The summed E-state index contributed by atoms with van der Waals surface area (Å²) in [4.78, 5) is 0. The number of aromatic amines is 1. The van der Waals surface area contributed by atoms with Crippen molar-refractivity contribution in [1.29, 1.82) is 0 Å². The average Bonchev–Trinajstić information content (AvgIpc) is 2.88. The molecule has 5 heteroatoms. The Kier molecular flexibility index (Phi) is 2.78. The first-order chi connectivity index (χ1) is 8.20. The number of rotatable bonds is 4. The summed E-state index contributed by atoms with van der Waals surface area (Å²) in [6.07, 6.45) is 6.76. The van der Waals surface area contributed by atoms with Crippen molar-refractivity contribution in [3.63, 3.8) is 0 Å². The van der Waals surface area contributed by atoms with Crippen molar-refractivity contribution in [3.8, 4) is 0 Å². The SMILES string of the molecule is Cn1cc(Cc2cc(CC3CC3)n[nH]2)c(Br)n1. The van der Waals surface area contributed by atoms with Gasteiger partial charge in [-0.2, -0.15) is 10.2 Å². The van der Waals surface area contributed by atoms with Gasteiger partial charge in [-0.05, 0) is 47.2 Å². The van der Waals surface area contributed by atoms with Crippen LogP contribution >= 0.6 is 15.9 Å². The summed E-state index contributed by atoms with van der Waals surface area (Å²) in [5.41, 5.74) is 3.55. The Morgan fingerprint density at radius 3 is 3.00 bits per heavy atom.